The maximum Gasteiger partial charge on any atom is 0.151 e. The average molecular weight is 207 g/mol. The molecule has 1 unspecified atom stereocenters. The summed E-state index contributed by atoms with van der Waals surface area (Å²) in [5, 5.41) is 0. The van der Waals surface area contributed by atoms with E-state index in [2.05, 4.69) is 32.3 Å². The highest BCUT2D eigenvalue weighted by Crippen LogP contribution is 2.18. The predicted molar refractivity (Wildman–Crippen MR) is 63.3 cm³/mol. The molecule has 0 bridgehead atoms. The van der Waals surface area contributed by atoms with Crippen molar-refractivity contribution in [3.8, 4) is 0 Å². The Hall–Kier alpha value is -1.05. The van der Waals surface area contributed by atoms with Crippen LogP contribution in [0, 0.1) is 25.7 Å². The van der Waals surface area contributed by atoms with Gasteiger partial charge in [-0.1, -0.05) is 20.8 Å². The number of hydrogen-bond acceptors (Lipinski definition) is 1. The summed E-state index contributed by atoms with van der Waals surface area (Å²) < 4.78 is 2.24. The highest BCUT2D eigenvalue weighted by atomic mass is 16.1. The maximum atomic E-state index is 10.8. The van der Waals surface area contributed by atoms with Crippen molar-refractivity contribution in [3.63, 3.8) is 0 Å². The zero-order valence-corrected chi connectivity index (χ0v) is 10.4. The second-order valence-corrected chi connectivity index (χ2v) is 4.78. The molecule has 15 heavy (non-hydrogen) atoms. The fourth-order valence-corrected chi connectivity index (χ4v) is 1.73. The molecule has 0 aliphatic carbocycles. The molecule has 0 aliphatic rings. The minimum atomic E-state index is 0.634. The topological polar surface area (TPSA) is 22.0 Å². The lowest BCUT2D eigenvalue weighted by atomic mass is 9.98. The summed E-state index contributed by atoms with van der Waals surface area (Å²) in [6.07, 6.45) is 0.943. The SMILES string of the molecule is Cc1cc(C=O)c(C)n1CC(C)C(C)C. The molecule has 1 aromatic rings. The van der Waals surface area contributed by atoms with E-state index in [-0.39, 0.29) is 0 Å². The number of hydrogen-bond donors (Lipinski definition) is 0. The van der Waals surface area contributed by atoms with Crippen LogP contribution in [0.25, 0.3) is 0 Å². The van der Waals surface area contributed by atoms with Gasteiger partial charge in [0.05, 0.1) is 0 Å². The molecule has 0 saturated heterocycles. The lowest BCUT2D eigenvalue weighted by Crippen LogP contribution is -2.15. The van der Waals surface area contributed by atoms with Gasteiger partial charge >= 0.3 is 0 Å². The first-order chi connectivity index (χ1) is 6.97. The summed E-state index contributed by atoms with van der Waals surface area (Å²) in [6.45, 7) is 11.8. The molecule has 0 amide bonds. The molecule has 84 valence electrons. The van der Waals surface area contributed by atoms with Gasteiger partial charge in [0.1, 0.15) is 0 Å². The van der Waals surface area contributed by atoms with Crippen LogP contribution in [0.4, 0.5) is 0 Å². The van der Waals surface area contributed by atoms with Crippen LogP contribution in [-0.4, -0.2) is 10.9 Å². The lowest BCUT2D eigenvalue weighted by Gasteiger charge is -2.19. The van der Waals surface area contributed by atoms with Crippen LogP contribution in [0.2, 0.25) is 0 Å². The van der Waals surface area contributed by atoms with Gasteiger partial charge < -0.3 is 4.57 Å². The van der Waals surface area contributed by atoms with Crippen LogP contribution in [0.3, 0.4) is 0 Å². The van der Waals surface area contributed by atoms with E-state index < -0.39 is 0 Å². The first-order valence-corrected chi connectivity index (χ1v) is 5.59. The Kier molecular flexibility index (Phi) is 3.72. The standard InChI is InChI=1S/C13H21NO/c1-9(2)10(3)7-14-11(4)6-13(8-15)12(14)5/h6,8-10H,7H2,1-5H3. The normalized spacial score (nSPS) is 13.2. The molecular weight excluding hydrogens is 186 g/mol. The minimum absolute atomic E-state index is 0.634. The van der Waals surface area contributed by atoms with E-state index in [9.17, 15) is 4.79 Å². The Labute approximate surface area is 92.3 Å². The van der Waals surface area contributed by atoms with E-state index in [1.165, 1.54) is 5.69 Å². The number of rotatable bonds is 4. The molecule has 0 fully saturated rings. The summed E-state index contributed by atoms with van der Waals surface area (Å²) in [4.78, 5) is 10.8. The van der Waals surface area contributed by atoms with E-state index in [4.69, 9.17) is 0 Å². The Morgan fingerprint density at radius 2 is 1.93 bits per heavy atom. The summed E-state index contributed by atoms with van der Waals surface area (Å²) in [5.74, 6) is 1.31. The third-order valence-electron chi connectivity index (χ3n) is 3.35. The number of nitrogens with zero attached hydrogens (tertiary/aromatic N) is 1. The monoisotopic (exact) mass is 207 g/mol. The molecule has 2 nitrogen and oxygen atoms in total. The molecule has 0 saturated carbocycles. The summed E-state index contributed by atoms with van der Waals surface area (Å²) in [5.41, 5.74) is 3.10. The molecule has 0 spiro atoms. The van der Waals surface area contributed by atoms with Gasteiger partial charge in [-0.3, -0.25) is 4.79 Å². The van der Waals surface area contributed by atoms with Crippen LogP contribution in [0.15, 0.2) is 6.07 Å². The summed E-state index contributed by atoms with van der Waals surface area (Å²) in [7, 11) is 0. The third kappa shape index (κ3) is 2.49. The molecule has 1 aromatic heterocycles. The Bertz CT molecular complexity index is 350. The van der Waals surface area contributed by atoms with Crippen LogP contribution in [0.1, 0.15) is 42.5 Å². The molecule has 1 rings (SSSR count). The first kappa shape index (κ1) is 12.0. The molecular formula is C13H21NO. The predicted octanol–water partition coefficient (Wildman–Crippen LogP) is 3.21. The van der Waals surface area contributed by atoms with Gasteiger partial charge in [-0.05, 0) is 31.7 Å². The molecule has 0 radical (unpaired) electrons. The maximum absolute atomic E-state index is 10.8. The molecule has 0 aliphatic heterocycles. The molecule has 1 heterocycles. The van der Waals surface area contributed by atoms with Crippen molar-refractivity contribution in [3.05, 3.63) is 23.0 Å². The first-order valence-electron chi connectivity index (χ1n) is 5.59. The smallest absolute Gasteiger partial charge is 0.151 e. The fourth-order valence-electron chi connectivity index (χ4n) is 1.73. The Morgan fingerprint density at radius 3 is 2.33 bits per heavy atom. The van der Waals surface area contributed by atoms with Crippen molar-refractivity contribution in [1.29, 1.82) is 0 Å². The quantitative estimate of drug-likeness (QED) is 0.695. The molecule has 1 atom stereocenters. The second-order valence-electron chi connectivity index (χ2n) is 4.78. The van der Waals surface area contributed by atoms with Gasteiger partial charge in [-0.15, -0.1) is 0 Å². The molecule has 0 N–H and O–H groups in total. The fraction of sp³-hybridized carbons (Fsp3) is 0.615. The Balaban J connectivity index is 2.94. The van der Waals surface area contributed by atoms with E-state index in [0.29, 0.717) is 11.8 Å². The number of aryl methyl sites for hydroxylation is 1. The van der Waals surface area contributed by atoms with E-state index in [1.807, 2.05) is 13.0 Å². The van der Waals surface area contributed by atoms with Crippen molar-refractivity contribution < 1.29 is 4.79 Å². The van der Waals surface area contributed by atoms with Crippen LogP contribution < -0.4 is 0 Å². The Morgan fingerprint density at radius 1 is 1.33 bits per heavy atom. The van der Waals surface area contributed by atoms with Gasteiger partial charge in [-0.2, -0.15) is 0 Å². The summed E-state index contributed by atoms with van der Waals surface area (Å²) >= 11 is 0. The number of aromatic nitrogens is 1. The van der Waals surface area contributed by atoms with Crippen molar-refractivity contribution >= 4 is 6.29 Å². The van der Waals surface area contributed by atoms with Gasteiger partial charge in [0.15, 0.2) is 6.29 Å². The minimum Gasteiger partial charge on any atom is -0.348 e. The highest BCUT2D eigenvalue weighted by molar-refractivity contribution is 5.77. The zero-order chi connectivity index (χ0) is 11.6. The number of carbonyl (C=O) groups is 1. The molecule has 0 aromatic carbocycles. The van der Waals surface area contributed by atoms with Gasteiger partial charge in [0.2, 0.25) is 0 Å². The van der Waals surface area contributed by atoms with Crippen LogP contribution in [-0.2, 0) is 6.54 Å². The van der Waals surface area contributed by atoms with Gasteiger partial charge in [0.25, 0.3) is 0 Å². The van der Waals surface area contributed by atoms with Crippen LogP contribution >= 0.6 is 0 Å². The molecule has 2 heteroatoms. The van der Waals surface area contributed by atoms with Crippen molar-refractivity contribution in [1.82, 2.24) is 4.57 Å². The summed E-state index contributed by atoms with van der Waals surface area (Å²) in [6, 6.07) is 1.97. The van der Waals surface area contributed by atoms with Crippen molar-refractivity contribution in [2.24, 2.45) is 11.8 Å². The van der Waals surface area contributed by atoms with Gasteiger partial charge in [0, 0.05) is 23.5 Å². The lowest BCUT2D eigenvalue weighted by molar-refractivity contribution is 0.112. The van der Waals surface area contributed by atoms with E-state index in [1.54, 1.807) is 0 Å². The largest absolute Gasteiger partial charge is 0.348 e. The van der Waals surface area contributed by atoms with Crippen LogP contribution in [0.5, 0.6) is 0 Å². The zero-order valence-electron chi connectivity index (χ0n) is 10.4. The van der Waals surface area contributed by atoms with Crippen molar-refractivity contribution in [2.75, 3.05) is 0 Å². The van der Waals surface area contributed by atoms with E-state index in [0.717, 1.165) is 24.1 Å². The average Bonchev–Trinajstić information content (AvgIpc) is 2.44. The second kappa shape index (κ2) is 4.65. The number of carbonyl (C=O) groups excluding carboxylic acids is 1. The van der Waals surface area contributed by atoms with Crippen molar-refractivity contribution in [2.45, 2.75) is 41.2 Å². The van der Waals surface area contributed by atoms with E-state index >= 15 is 0 Å². The number of aldehydes is 1. The van der Waals surface area contributed by atoms with Gasteiger partial charge in [-0.25, -0.2) is 0 Å². The third-order valence-corrected chi connectivity index (χ3v) is 3.35. The highest BCUT2D eigenvalue weighted by Gasteiger charge is 2.13.